The molecule has 29 heavy (non-hydrogen) atoms. The lowest BCUT2D eigenvalue weighted by atomic mass is 9.83. The molecule has 7 heteroatoms. The number of aromatic hydroxyl groups is 1. The molecule has 0 fully saturated rings. The van der Waals surface area contributed by atoms with Crippen LogP contribution in [0.4, 0.5) is 5.82 Å². The molecule has 0 bridgehead atoms. The number of benzene rings is 2. The first-order valence-corrected chi connectivity index (χ1v) is 9.60. The van der Waals surface area contributed by atoms with Gasteiger partial charge in [0.25, 0.3) is 0 Å². The molecule has 1 aromatic heterocycles. The highest BCUT2D eigenvalue weighted by Gasteiger charge is 2.37. The number of anilines is 1. The molecule has 3 aromatic rings. The lowest BCUT2D eigenvalue weighted by Gasteiger charge is -2.28. The standard InChI is InChI=1S/C22H24N4O3/c1-25(2)10-11-26-13-24-22-20(21(26)23)19(15-6-4-5-7-17(15)28-3)16-9-8-14(27)12-18(16)29-22/h4-9,12-13,19,23,27H,10-11H2,1-3H3/p+2/t19-/m1/s1. The van der Waals surface area contributed by atoms with Crippen molar-refractivity contribution in [2.45, 2.75) is 12.5 Å². The third-order valence-electron chi connectivity index (χ3n) is 5.24. The molecule has 4 rings (SSSR count). The van der Waals surface area contributed by atoms with Crippen molar-refractivity contribution >= 4 is 5.82 Å². The number of phenolic OH excluding ortho intramolecular Hbond substituents is 1. The number of nitrogens with zero attached hydrogens (tertiary/aromatic N) is 2. The monoisotopic (exact) mass is 394 g/mol. The average molecular weight is 394 g/mol. The summed E-state index contributed by atoms with van der Waals surface area (Å²) < 4.78 is 13.6. The number of rotatable bonds is 5. The van der Waals surface area contributed by atoms with Crippen molar-refractivity contribution in [3.63, 3.8) is 0 Å². The van der Waals surface area contributed by atoms with Crippen LogP contribution in [0.25, 0.3) is 0 Å². The minimum atomic E-state index is -0.225. The summed E-state index contributed by atoms with van der Waals surface area (Å²) in [7, 11) is 5.86. The van der Waals surface area contributed by atoms with Crippen LogP contribution in [0.5, 0.6) is 23.1 Å². The van der Waals surface area contributed by atoms with Crippen LogP contribution >= 0.6 is 0 Å². The maximum Gasteiger partial charge on any atom is 0.306 e. The molecule has 1 aliphatic rings. The van der Waals surface area contributed by atoms with Gasteiger partial charge in [0.05, 0.1) is 27.1 Å². The minimum absolute atomic E-state index is 0.138. The second-order valence-electron chi connectivity index (χ2n) is 7.50. The minimum Gasteiger partial charge on any atom is -0.508 e. The zero-order valence-electron chi connectivity index (χ0n) is 16.8. The van der Waals surface area contributed by atoms with Gasteiger partial charge < -0.3 is 25.2 Å². The van der Waals surface area contributed by atoms with E-state index in [4.69, 9.17) is 15.2 Å². The Morgan fingerprint density at radius 1 is 1.21 bits per heavy atom. The van der Waals surface area contributed by atoms with E-state index in [0.29, 0.717) is 17.4 Å². The second-order valence-corrected chi connectivity index (χ2v) is 7.50. The Morgan fingerprint density at radius 3 is 2.76 bits per heavy atom. The number of para-hydroxylation sites is 1. The number of likely N-dealkylation sites (N-methyl/N-ethyl adjacent to an activating group) is 1. The van der Waals surface area contributed by atoms with Crippen molar-refractivity contribution in [2.24, 2.45) is 0 Å². The first-order chi connectivity index (χ1) is 14.0. The van der Waals surface area contributed by atoms with Crippen molar-refractivity contribution in [3.05, 3.63) is 65.5 Å². The Kier molecular flexibility index (Phi) is 4.98. The average Bonchev–Trinajstić information content (AvgIpc) is 2.71. The van der Waals surface area contributed by atoms with Gasteiger partial charge >= 0.3 is 5.88 Å². The molecule has 0 saturated heterocycles. The Bertz CT molecular complexity index is 1050. The van der Waals surface area contributed by atoms with Gasteiger partial charge in [-0.3, -0.25) is 0 Å². The fourth-order valence-electron chi connectivity index (χ4n) is 3.73. The highest BCUT2D eigenvalue weighted by molar-refractivity contribution is 5.63. The zero-order chi connectivity index (χ0) is 20.5. The molecule has 1 atom stereocenters. The molecule has 0 radical (unpaired) electrons. The van der Waals surface area contributed by atoms with Crippen LogP contribution in [-0.4, -0.2) is 37.8 Å². The van der Waals surface area contributed by atoms with Crippen molar-refractivity contribution < 1.29 is 24.0 Å². The van der Waals surface area contributed by atoms with E-state index in [1.807, 2.05) is 34.9 Å². The van der Waals surface area contributed by atoms with Gasteiger partial charge in [-0.25, -0.2) is 4.57 Å². The normalized spacial score (nSPS) is 14.8. The Morgan fingerprint density at radius 2 is 2.00 bits per heavy atom. The number of nitrogens with two attached hydrogens (primary N) is 1. The third kappa shape index (κ3) is 3.45. The summed E-state index contributed by atoms with van der Waals surface area (Å²) in [5, 5.41) is 9.96. The number of quaternary nitrogens is 1. The Hall–Kier alpha value is -3.32. The Balaban J connectivity index is 1.93. The SMILES string of the molecule is COc1ccccc1[C@@H]1c2ccc(O)cc2Oc2nc[n+](CC[NH+](C)C)c(N)c21. The lowest BCUT2D eigenvalue weighted by Crippen LogP contribution is -3.06. The molecule has 2 aromatic carbocycles. The number of fused-ring (bicyclic) bond motifs is 2. The first-order valence-electron chi connectivity index (χ1n) is 9.60. The van der Waals surface area contributed by atoms with E-state index < -0.39 is 0 Å². The van der Waals surface area contributed by atoms with Crippen LogP contribution in [0.15, 0.2) is 48.8 Å². The molecule has 0 aliphatic carbocycles. The van der Waals surface area contributed by atoms with E-state index in [0.717, 1.165) is 35.5 Å². The van der Waals surface area contributed by atoms with E-state index in [-0.39, 0.29) is 11.7 Å². The number of nitrogen functional groups attached to an aromatic ring is 1. The number of hydrogen-bond acceptors (Lipinski definition) is 5. The maximum atomic E-state index is 9.96. The predicted molar refractivity (Wildman–Crippen MR) is 109 cm³/mol. The maximum absolute atomic E-state index is 9.96. The molecule has 4 N–H and O–H groups in total. The third-order valence-corrected chi connectivity index (χ3v) is 5.24. The van der Waals surface area contributed by atoms with Gasteiger partial charge in [-0.1, -0.05) is 29.2 Å². The number of aromatic nitrogens is 2. The molecule has 0 amide bonds. The van der Waals surface area contributed by atoms with Crippen molar-refractivity contribution in [1.82, 2.24) is 4.98 Å². The van der Waals surface area contributed by atoms with Crippen LogP contribution in [-0.2, 0) is 6.54 Å². The molecule has 2 heterocycles. The van der Waals surface area contributed by atoms with Crippen LogP contribution in [0.2, 0.25) is 0 Å². The quantitative estimate of drug-likeness (QED) is 0.441. The van der Waals surface area contributed by atoms with Gasteiger partial charge in [-0.2, -0.15) is 0 Å². The van der Waals surface area contributed by atoms with Crippen LogP contribution in [0, 0.1) is 0 Å². The van der Waals surface area contributed by atoms with Gasteiger partial charge in [0.1, 0.15) is 35.9 Å². The number of nitrogens with one attached hydrogen (secondary N) is 1. The molecule has 1 aliphatic heterocycles. The van der Waals surface area contributed by atoms with Crippen molar-refractivity contribution in [3.8, 4) is 23.1 Å². The van der Waals surface area contributed by atoms with Crippen molar-refractivity contribution in [2.75, 3.05) is 33.5 Å². The number of phenols is 1. The number of ether oxygens (including phenoxy) is 2. The summed E-state index contributed by atoms with van der Waals surface area (Å²) in [4.78, 5) is 5.87. The summed E-state index contributed by atoms with van der Waals surface area (Å²) in [6.45, 7) is 1.66. The highest BCUT2D eigenvalue weighted by Crippen LogP contribution is 2.50. The summed E-state index contributed by atoms with van der Waals surface area (Å²) in [5.74, 6) is 2.31. The number of methoxy groups -OCH3 is 1. The summed E-state index contributed by atoms with van der Waals surface area (Å²) in [6.07, 6.45) is 1.71. The van der Waals surface area contributed by atoms with Crippen molar-refractivity contribution in [1.29, 1.82) is 0 Å². The van der Waals surface area contributed by atoms with Crippen LogP contribution in [0.1, 0.15) is 22.6 Å². The van der Waals surface area contributed by atoms with Gasteiger partial charge in [0.15, 0.2) is 0 Å². The van der Waals surface area contributed by atoms with Crippen LogP contribution < -0.4 is 24.7 Å². The van der Waals surface area contributed by atoms with Gasteiger partial charge in [-0.15, -0.1) is 0 Å². The van der Waals surface area contributed by atoms with Gasteiger partial charge in [0, 0.05) is 17.2 Å². The smallest absolute Gasteiger partial charge is 0.306 e. The molecular formula is C22H26N4O3+2. The predicted octanol–water partition coefficient (Wildman–Crippen LogP) is 1.10. The van der Waals surface area contributed by atoms with E-state index >= 15 is 0 Å². The van der Waals surface area contributed by atoms with Crippen LogP contribution in [0.3, 0.4) is 0 Å². The van der Waals surface area contributed by atoms with Gasteiger partial charge in [-0.05, 0) is 12.1 Å². The fraction of sp³-hybridized carbons (Fsp3) is 0.273. The molecule has 0 unspecified atom stereocenters. The van der Waals surface area contributed by atoms with E-state index in [9.17, 15) is 5.11 Å². The fourth-order valence-corrected chi connectivity index (χ4v) is 3.73. The second kappa shape index (κ2) is 7.60. The van der Waals surface area contributed by atoms with E-state index in [1.54, 1.807) is 25.6 Å². The van der Waals surface area contributed by atoms with E-state index in [2.05, 4.69) is 19.1 Å². The highest BCUT2D eigenvalue weighted by atomic mass is 16.5. The lowest BCUT2D eigenvalue weighted by molar-refractivity contribution is -0.882. The van der Waals surface area contributed by atoms with E-state index in [1.165, 1.54) is 4.90 Å². The topological polar surface area (TPSA) is 85.9 Å². The summed E-state index contributed by atoms with van der Waals surface area (Å²) in [6, 6.07) is 13.0. The largest absolute Gasteiger partial charge is 0.508 e. The molecule has 7 nitrogen and oxygen atoms in total. The zero-order valence-corrected chi connectivity index (χ0v) is 16.8. The molecular weight excluding hydrogens is 368 g/mol. The first kappa shape index (κ1) is 19.0. The molecule has 0 saturated carbocycles. The number of hydrogen-bond donors (Lipinski definition) is 3. The molecule has 150 valence electrons. The summed E-state index contributed by atoms with van der Waals surface area (Å²) >= 11 is 0. The Labute approximate surface area is 169 Å². The van der Waals surface area contributed by atoms with Gasteiger partial charge in [0.2, 0.25) is 12.1 Å². The molecule has 0 spiro atoms. The summed E-state index contributed by atoms with van der Waals surface area (Å²) in [5.41, 5.74) is 9.32.